The number of aryl methyl sites for hydroxylation is 1. The van der Waals surface area contributed by atoms with Gasteiger partial charge in [-0.2, -0.15) is 0 Å². The first-order valence-corrected chi connectivity index (χ1v) is 11.9. The van der Waals surface area contributed by atoms with Crippen LogP contribution in [0.5, 0.6) is 5.75 Å². The molecule has 1 fully saturated rings. The number of hydrogen-bond acceptors (Lipinski definition) is 3. The lowest BCUT2D eigenvalue weighted by Gasteiger charge is -2.32. The Balaban J connectivity index is 1.40. The van der Waals surface area contributed by atoms with Gasteiger partial charge in [-0.05, 0) is 54.2 Å². The van der Waals surface area contributed by atoms with Gasteiger partial charge in [-0.1, -0.05) is 60.2 Å². The molecule has 2 atom stereocenters. The number of carbonyl (C=O) groups is 1. The highest BCUT2D eigenvalue weighted by Crippen LogP contribution is 2.39. The lowest BCUT2D eigenvalue weighted by Crippen LogP contribution is -2.37. The van der Waals surface area contributed by atoms with E-state index in [4.69, 9.17) is 4.74 Å². The standard InChI is InChI=1S/C29H32N2O2/c1-21-8-7-11-23(16-21)29(32)31-19-25(27(20-31)26-12-5-6-13-28(26)33-2)18-30-15-14-22-9-3-4-10-24(22)17-30/h3-13,16,25,27H,14-15,17-20H2,1-2H3. The molecule has 0 bridgehead atoms. The van der Waals surface area contributed by atoms with E-state index in [9.17, 15) is 4.79 Å². The van der Waals surface area contributed by atoms with Crippen LogP contribution in [0.3, 0.4) is 0 Å². The van der Waals surface area contributed by atoms with Crippen LogP contribution in [0.1, 0.15) is 38.5 Å². The number of fused-ring (bicyclic) bond motifs is 1. The number of benzene rings is 3. The Morgan fingerprint density at radius 3 is 2.58 bits per heavy atom. The van der Waals surface area contributed by atoms with Crippen LogP contribution < -0.4 is 4.74 Å². The molecule has 1 amide bonds. The molecule has 2 aliphatic heterocycles. The number of hydrogen-bond donors (Lipinski definition) is 0. The van der Waals surface area contributed by atoms with Crippen molar-refractivity contribution in [1.29, 1.82) is 0 Å². The van der Waals surface area contributed by atoms with Gasteiger partial charge in [0.25, 0.3) is 5.91 Å². The molecule has 3 aromatic rings. The van der Waals surface area contributed by atoms with Gasteiger partial charge in [-0.3, -0.25) is 9.69 Å². The second kappa shape index (κ2) is 9.40. The molecule has 0 N–H and O–H groups in total. The zero-order valence-electron chi connectivity index (χ0n) is 19.5. The van der Waals surface area contributed by atoms with Crippen molar-refractivity contribution in [3.8, 4) is 5.75 Å². The number of nitrogens with zero attached hydrogens (tertiary/aromatic N) is 2. The molecule has 0 saturated carbocycles. The van der Waals surface area contributed by atoms with Gasteiger partial charge < -0.3 is 9.64 Å². The first-order valence-electron chi connectivity index (χ1n) is 11.9. The Morgan fingerprint density at radius 1 is 0.970 bits per heavy atom. The number of para-hydroxylation sites is 1. The van der Waals surface area contributed by atoms with E-state index in [0.29, 0.717) is 5.92 Å². The summed E-state index contributed by atoms with van der Waals surface area (Å²) in [7, 11) is 1.74. The van der Waals surface area contributed by atoms with E-state index in [1.54, 1.807) is 7.11 Å². The van der Waals surface area contributed by atoms with Crippen LogP contribution in [0.2, 0.25) is 0 Å². The maximum absolute atomic E-state index is 13.4. The van der Waals surface area contributed by atoms with E-state index >= 15 is 0 Å². The number of rotatable bonds is 5. The molecule has 2 aliphatic rings. The largest absolute Gasteiger partial charge is 0.496 e. The third kappa shape index (κ3) is 4.53. The van der Waals surface area contributed by atoms with E-state index in [2.05, 4.69) is 46.2 Å². The first-order chi connectivity index (χ1) is 16.1. The molecule has 5 rings (SSSR count). The lowest BCUT2D eigenvalue weighted by molar-refractivity contribution is 0.0782. The minimum absolute atomic E-state index is 0.130. The van der Waals surface area contributed by atoms with Crippen LogP contribution in [-0.4, -0.2) is 49.0 Å². The normalized spacial score (nSPS) is 20.5. The van der Waals surface area contributed by atoms with E-state index < -0.39 is 0 Å². The Hall–Kier alpha value is -3.11. The average Bonchev–Trinajstić information content (AvgIpc) is 3.27. The Kier molecular flexibility index (Phi) is 6.19. The molecule has 0 aromatic heterocycles. The third-order valence-electron chi connectivity index (χ3n) is 7.23. The minimum Gasteiger partial charge on any atom is -0.496 e. The van der Waals surface area contributed by atoms with Crippen LogP contribution in [0, 0.1) is 12.8 Å². The SMILES string of the molecule is COc1ccccc1C1CN(C(=O)c2cccc(C)c2)CC1CN1CCc2ccccc2C1. The van der Waals surface area contributed by atoms with Crippen LogP contribution in [0.15, 0.2) is 72.8 Å². The molecular weight excluding hydrogens is 408 g/mol. The Morgan fingerprint density at radius 2 is 1.76 bits per heavy atom. The van der Waals surface area contributed by atoms with Crippen molar-refractivity contribution in [3.05, 3.63) is 101 Å². The zero-order valence-corrected chi connectivity index (χ0v) is 19.5. The predicted octanol–water partition coefficient (Wildman–Crippen LogP) is 4.92. The molecule has 3 aromatic carbocycles. The average molecular weight is 441 g/mol. The molecule has 0 spiro atoms. The second-order valence-corrected chi connectivity index (χ2v) is 9.44. The first kappa shape index (κ1) is 21.7. The lowest BCUT2D eigenvalue weighted by atomic mass is 9.87. The van der Waals surface area contributed by atoms with E-state index in [1.807, 2.05) is 43.3 Å². The Labute approximate surface area is 196 Å². The van der Waals surface area contributed by atoms with Crippen LogP contribution >= 0.6 is 0 Å². The summed E-state index contributed by atoms with van der Waals surface area (Å²) in [6, 6.07) is 25.0. The fourth-order valence-electron chi connectivity index (χ4n) is 5.55. The summed E-state index contributed by atoms with van der Waals surface area (Å²) in [5, 5.41) is 0. The molecule has 0 radical (unpaired) electrons. The number of methoxy groups -OCH3 is 1. The van der Waals surface area contributed by atoms with Crippen LogP contribution in [-0.2, 0) is 13.0 Å². The molecule has 2 unspecified atom stereocenters. The predicted molar refractivity (Wildman–Crippen MR) is 132 cm³/mol. The summed E-state index contributed by atoms with van der Waals surface area (Å²) in [6.07, 6.45) is 1.09. The summed E-state index contributed by atoms with van der Waals surface area (Å²) in [5.41, 5.74) is 6.01. The van der Waals surface area contributed by atoms with Gasteiger partial charge in [0.1, 0.15) is 5.75 Å². The minimum atomic E-state index is 0.130. The van der Waals surface area contributed by atoms with Crippen molar-refractivity contribution in [2.45, 2.75) is 25.8 Å². The summed E-state index contributed by atoms with van der Waals surface area (Å²) < 4.78 is 5.72. The maximum atomic E-state index is 13.4. The number of carbonyl (C=O) groups excluding carboxylic acids is 1. The molecule has 1 saturated heterocycles. The topological polar surface area (TPSA) is 32.8 Å². The number of ether oxygens (including phenoxy) is 1. The van der Waals surface area contributed by atoms with E-state index in [1.165, 1.54) is 16.7 Å². The van der Waals surface area contributed by atoms with Gasteiger partial charge >= 0.3 is 0 Å². The highest BCUT2D eigenvalue weighted by atomic mass is 16.5. The van der Waals surface area contributed by atoms with Gasteiger partial charge in [0, 0.05) is 44.2 Å². The van der Waals surface area contributed by atoms with Crippen molar-refractivity contribution in [2.75, 3.05) is 33.3 Å². The van der Waals surface area contributed by atoms with Crippen LogP contribution in [0.25, 0.3) is 0 Å². The number of amides is 1. The smallest absolute Gasteiger partial charge is 0.253 e. The van der Waals surface area contributed by atoms with Crippen molar-refractivity contribution in [1.82, 2.24) is 9.80 Å². The van der Waals surface area contributed by atoms with Crippen molar-refractivity contribution in [3.63, 3.8) is 0 Å². The summed E-state index contributed by atoms with van der Waals surface area (Å²) in [5.74, 6) is 1.67. The van der Waals surface area contributed by atoms with Crippen molar-refractivity contribution in [2.24, 2.45) is 5.92 Å². The van der Waals surface area contributed by atoms with Gasteiger partial charge in [0.05, 0.1) is 7.11 Å². The summed E-state index contributed by atoms with van der Waals surface area (Å²) >= 11 is 0. The molecule has 2 heterocycles. The van der Waals surface area contributed by atoms with E-state index in [-0.39, 0.29) is 11.8 Å². The molecule has 170 valence electrons. The zero-order chi connectivity index (χ0) is 22.8. The van der Waals surface area contributed by atoms with Gasteiger partial charge in [-0.15, -0.1) is 0 Å². The van der Waals surface area contributed by atoms with Gasteiger partial charge in [0.2, 0.25) is 0 Å². The third-order valence-corrected chi connectivity index (χ3v) is 7.23. The molecule has 33 heavy (non-hydrogen) atoms. The summed E-state index contributed by atoms with van der Waals surface area (Å²) in [6.45, 7) is 6.56. The molecular formula is C29H32N2O2. The maximum Gasteiger partial charge on any atom is 0.253 e. The fourth-order valence-corrected chi connectivity index (χ4v) is 5.55. The number of likely N-dealkylation sites (tertiary alicyclic amines) is 1. The highest BCUT2D eigenvalue weighted by molar-refractivity contribution is 5.94. The van der Waals surface area contributed by atoms with Crippen LogP contribution in [0.4, 0.5) is 0 Å². The second-order valence-electron chi connectivity index (χ2n) is 9.44. The van der Waals surface area contributed by atoms with Crippen molar-refractivity contribution < 1.29 is 9.53 Å². The van der Waals surface area contributed by atoms with Gasteiger partial charge in [0.15, 0.2) is 0 Å². The fraction of sp³-hybridized carbons (Fsp3) is 0.345. The quantitative estimate of drug-likeness (QED) is 0.565. The Bertz CT molecular complexity index is 1140. The monoisotopic (exact) mass is 440 g/mol. The molecule has 4 nitrogen and oxygen atoms in total. The van der Waals surface area contributed by atoms with Crippen molar-refractivity contribution >= 4 is 5.91 Å². The highest BCUT2D eigenvalue weighted by Gasteiger charge is 2.38. The molecule has 0 aliphatic carbocycles. The van der Waals surface area contributed by atoms with Gasteiger partial charge in [-0.25, -0.2) is 0 Å². The van der Waals surface area contributed by atoms with E-state index in [0.717, 1.165) is 56.0 Å². The summed E-state index contributed by atoms with van der Waals surface area (Å²) in [4.78, 5) is 18.0. The molecule has 4 heteroatoms.